The second-order valence-electron chi connectivity index (χ2n) is 4.70. The van der Waals surface area contributed by atoms with Gasteiger partial charge >= 0.3 is 0 Å². The van der Waals surface area contributed by atoms with Crippen LogP contribution >= 0.6 is 0 Å². The average Bonchev–Trinajstić information content (AvgIpc) is 2.50. The van der Waals surface area contributed by atoms with Crippen molar-refractivity contribution in [1.29, 1.82) is 5.26 Å². The molecule has 1 rings (SSSR count). The van der Waals surface area contributed by atoms with E-state index in [1.54, 1.807) is 11.9 Å². The van der Waals surface area contributed by atoms with Gasteiger partial charge in [0.25, 0.3) is 0 Å². The van der Waals surface area contributed by atoms with E-state index in [0.717, 1.165) is 18.7 Å². The lowest BCUT2D eigenvalue weighted by Gasteiger charge is -2.32. The summed E-state index contributed by atoms with van der Waals surface area (Å²) in [6.07, 6.45) is 0.363. The fraction of sp³-hybridized carbons (Fsp3) is 0.500. The van der Waals surface area contributed by atoms with Crippen molar-refractivity contribution in [2.24, 2.45) is 0 Å². The van der Waals surface area contributed by atoms with Gasteiger partial charge in [-0.1, -0.05) is 44.2 Å². The molecule has 0 aliphatic rings. The summed E-state index contributed by atoms with van der Waals surface area (Å²) in [5.74, 6) is 0.0511. The van der Waals surface area contributed by atoms with Gasteiger partial charge in [-0.2, -0.15) is 5.26 Å². The van der Waals surface area contributed by atoms with Crippen molar-refractivity contribution in [1.82, 2.24) is 9.80 Å². The van der Waals surface area contributed by atoms with E-state index in [1.807, 2.05) is 30.3 Å². The molecule has 1 unspecified atom stereocenters. The number of nitriles is 1. The molecule has 0 N–H and O–H groups in total. The maximum Gasteiger partial charge on any atom is 0.244 e. The monoisotopic (exact) mass is 273 g/mol. The summed E-state index contributed by atoms with van der Waals surface area (Å²) in [6.45, 7) is 6.21. The lowest BCUT2D eigenvalue weighted by atomic mass is 10.0. The molecule has 0 bridgehead atoms. The van der Waals surface area contributed by atoms with Crippen LogP contribution in [0, 0.1) is 11.3 Å². The Hall–Kier alpha value is -1.86. The van der Waals surface area contributed by atoms with Crippen LogP contribution in [0.1, 0.15) is 31.9 Å². The van der Waals surface area contributed by atoms with E-state index in [9.17, 15) is 4.79 Å². The van der Waals surface area contributed by atoms with Crippen molar-refractivity contribution in [3.8, 4) is 6.07 Å². The molecule has 1 atom stereocenters. The molecule has 0 fully saturated rings. The van der Waals surface area contributed by atoms with Crippen LogP contribution in [-0.4, -0.2) is 42.4 Å². The Labute approximate surface area is 121 Å². The molecule has 0 radical (unpaired) electrons. The fourth-order valence-electron chi connectivity index (χ4n) is 2.27. The molecule has 1 aromatic carbocycles. The first-order valence-corrected chi connectivity index (χ1v) is 7.06. The topological polar surface area (TPSA) is 47.3 Å². The minimum Gasteiger partial charge on any atom is -0.343 e. The SMILES string of the molecule is CCN(CC)C(C(=O)N(C)CCC#N)c1ccccc1. The average molecular weight is 273 g/mol. The van der Waals surface area contributed by atoms with Crippen molar-refractivity contribution < 1.29 is 4.79 Å². The van der Waals surface area contributed by atoms with Gasteiger partial charge in [0.05, 0.1) is 12.5 Å². The number of carbonyl (C=O) groups excluding carboxylic acids is 1. The van der Waals surface area contributed by atoms with E-state index in [1.165, 1.54) is 0 Å². The highest BCUT2D eigenvalue weighted by molar-refractivity contribution is 5.83. The van der Waals surface area contributed by atoms with Crippen LogP contribution in [0.25, 0.3) is 0 Å². The number of rotatable bonds is 7. The first kappa shape index (κ1) is 16.2. The van der Waals surface area contributed by atoms with Crippen molar-refractivity contribution >= 4 is 5.91 Å². The Bertz CT molecular complexity index is 449. The number of hydrogen-bond donors (Lipinski definition) is 0. The van der Waals surface area contributed by atoms with Gasteiger partial charge in [0, 0.05) is 13.6 Å². The van der Waals surface area contributed by atoms with Crippen LogP contribution in [0.4, 0.5) is 0 Å². The van der Waals surface area contributed by atoms with Crippen molar-refractivity contribution in [3.63, 3.8) is 0 Å². The van der Waals surface area contributed by atoms with E-state index in [2.05, 4.69) is 24.8 Å². The maximum atomic E-state index is 12.7. The molecule has 1 aromatic rings. The summed E-state index contributed by atoms with van der Waals surface area (Å²) >= 11 is 0. The second-order valence-corrected chi connectivity index (χ2v) is 4.70. The van der Waals surface area contributed by atoms with Gasteiger partial charge in [-0.15, -0.1) is 0 Å². The zero-order chi connectivity index (χ0) is 15.0. The molecule has 0 heterocycles. The molecule has 0 aliphatic carbocycles. The van der Waals surface area contributed by atoms with Crippen molar-refractivity contribution in [2.45, 2.75) is 26.3 Å². The van der Waals surface area contributed by atoms with Crippen LogP contribution in [0.15, 0.2) is 30.3 Å². The third-order valence-corrected chi connectivity index (χ3v) is 3.46. The lowest BCUT2D eigenvalue weighted by Crippen LogP contribution is -2.41. The van der Waals surface area contributed by atoms with Gasteiger partial charge in [-0.3, -0.25) is 9.69 Å². The minimum absolute atomic E-state index is 0.0511. The van der Waals surface area contributed by atoms with Crippen molar-refractivity contribution in [2.75, 3.05) is 26.7 Å². The van der Waals surface area contributed by atoms with Gasteiger partial charge in [0.1, 0.15) is 6.04 Å². The van der Waals surface area contributed by atoms with Crippen LogP contribution in [0.2, 0.25) is 0 Å². The van der Waals surface area contributed by atoms with Gasteiger partial charge < -0.3 is 4.90 Å². The highest BCUT2D eigenvalue weighted by Crippen LogP contribution is 2.22. The zero-order valence-corrected chi connectivity index (χ0v) is 12.5. The minimum atomic E-state index is -0.269. The number of benzene rings is 1. The molecular formula is C16H23N3O. The highest BCUT2D eigenvalue weighted by atomic mass is 16.2. The number of hydrogen-bond acceptors (Lipinski definition) is 3. The maximum absolute atomic E-state index is 12.7. The lowest BCUT2D eigenvalue weighted by molar-refractivity contribution is -0.135. The van der Waals surface area contributed by atoms with Crippen LogP contribution in [0.5, 0.6) is 0 Å². The predicted molar refractivity (Wildman–Crippen MR) is 80.0 cm³/mol. The molecular weight excluding hydrogens is 250 g/mol. The number of amides is 1. The summed E-state index contributed by atoms with van der Waals surface area (Å²) in [5.41, 5.74) is 1.00. The standard InChI is InChI=1S/C16H23N3O/c1-4-19(5-2)15(14-10-7-6-8-11-14)16(20)18(3)13-9-12-17/h6-8,10-11,15H,4-5,9,13H2,1-3H3. The molecule has 4 nitrogen and oxygen atoms in total. The summed E-state index contributed by atoms with van der Waals surface area (Å²) in [6, 6.07) is 11.6. The third kappa shape index (κ3) is 4.07. The first-order chi connectivity index (χ1) is 9.65. The molecule has 0 saturated carbocycles. The molecule has 0 spiro atoms. The molecule has 0 aromatic heterocycles. The summed E-state index contributed by atoms with van der Waals surface area (Å²) in [4.78, 5) is 16.5. The first-order valence-electron chi connectivity index (χ1n) is 7.06. The Morgan fingerprint density at radius 2 is 1.85 bits per heavy atom. The predicted octanol–water partition coefficient (Wildman–Crippen LogP) is 2.44. The fourth-order valence-corrected chi connectivity index (χ4v) is 2.27. The van der Waals surface area contributed by atoms with E-state index in [0.29, 0.717) is 13.0 Å². The zero-order valence-electron chi connectivity index (χ0n) is 12.5. The number of nitrogens with zero attached hydrogens (tertiary/aromatic N) is 3. The van der Waals surface area contributed by atoms with Crippen LogP contribution in [-0.2, 0) is 4.79 Å². The molecule has 108 valence electrons. The molecule has 0 aliphatic heterocycles. The van der Waals surface area contributed by atoms with Crippen molar-refractivity contribution in [3.05, 3.63) is 35.9 Å². The normalized spacial score (nSPS) is 11.9. The molecule has 4 heteroatoms. The molecule has 1 amide bonds. The van der Waals surface area contributed by atoms with Gasteiger partial charge in [0.2, 0.25) is 5.91 Å². The summed E-state index contributed by atoms with van der Waals surface area (Å²) in [5, 5.41) is 8.66. The Kier molecular flexibility index (Phi) is 6.75. The Morgan fingerprint density at radius 3 is 2.35 bits per heavy atom. The second kappa shape index (κ2) is 8.34. The van der Waals surface area contributed by atoms with E-state index in [-0.39, 0.29) is 11.9 Å². The summed E-state index contributed by atoms with van der Waals surface area (Å²) < 4.78 is 0. The largest absolute Gasteiger partial charge is 0.343 e. The van der Waals surface area contributed by atoms with Gasteiger partial charge in [-0.05, 0) is 18.7 Å². The van der Waals surface area contributed by atoms with E-state index in [4.69, 9.17) is 5.26 Å². The molecule has 20 heavy (non-hydrogen) atoms. The van der Waals surface area contributed by atoms with E-state index < -0.39 is 0 Å². The summed E-state index contributed by atoms with van der Waals surface area (Å²) in [7, 11) is 1.76. The third-order valence-electron chi connectivity index (χ3n) is 3.46. The van der Waals surface area contributed by atoms with Crippen LogP contribution in [0.3, 0.4) is 0 Å². The molecule has 0 saturated heterocycles. The smallest absolute Gasteiger partial charge is 0.244 e. The number of carbonyl (C=O) groups is 1. The van der Waals surface area contributed by atoms with Gasteiger partial charge in [0.15, 0.2) is 0 Å². The van der Waals surface area contributed by atoms with E-state index >= 15 is 0 Å². The Morgan fingerprint density at radius 1 is 1.25 bits per heavy atom. The van der Waals surface area contributed by atoms with Gasteiger partial charge in [-0.25, -0.2) is 0 Å². The number of likely N-dealkylation sites (N-methyl/N-ethyl adjacent to an activating group) is 2. The van der Waals surface area contributed by atoms with Crippen LogP contribution < -0.4 is 0 Å². The Balaban J connectivity index is 2.99. The highest BCUT2D eigenvalue weighted by Gasteiger charge is 2.27. The quantitative estimate of drug-likeness (QED) is 0.766.